The van der Waals surface area contributed by atoms with Crippen LogP contribution in [0.4, 0.5) is 0 Å². The summed E-state index contributed by atoms with van der Waals surface area (Å²) in [4.78, 5) is 27.5. The fraction of sp³-hybridized carbons (Fsp3) is 0.364. The van der Waals surface area contributed by atoms with Gasteiger partial charge in [-0.05, 0) is 23.6 Å². The molecule has 0 spiro atoms. The molecule has 1 aliphatic rings. The van der Waals surface area contributed by atoms with Crippen molar-refractivity contribution in [2.75, 3.05) is 20.8 Å². The second-order valence-electron chi connectivity index (χ2n) is 6.74. The molecule has 1 atom stereocenters. The molecule has 3 rings (SSSR count). The molecule has 28 heavy (non-hydrogen) atoms. The molecule has 0 radical (unpaired) electrons. The topological polar surface area (TPSA) is 67.9 Å². The first kappa shape index (κ1) is 19.7. The first-order valence-electron chi connectivity index (χ1n) is 9.45. The van der Waals surface area contributed by atoms with Gasteiger partial charge in [-0.3, -0.25) is 9.59 Å². The third-order valence-electron chi connectivity index (χ3n) is 4.97. The maximum atomic E-state index is 13.1. The van der Waals surface area contributed by atoms with Crippen LogP contribution in [0.1, 0.15) is 36.1 Å². The lowest BCUT2D eigenvalue weighted by Gasteiger charge is -2.36. The van der Waals surface area contributed by atoms with Crippen LogP contribution in [0.2, 0.25) is 0 Å². The first-order valence-corrected chi connectivity index (χ1v) is 9.45. The molecule has 0 bridgehead atoms. The molecular weight excluding hydrogens is 356 g/mol. The van der Waals surface area contributed by atoms with Crippen LogP contribution in [0.3, 0.4) is 0 Å². The molecule has 0 saturated carbocycles. The van der Waals surface area contributed by atoms with Gasteiger partial charge < -0.3 is 19.7 Å². The number of methoxy groups -OCH3 is 2. The molecule has 1 heterocycles. The van der Waals surface area contributed by atoms with Crippen molar-refractivity contribution in [2.24, 2.45) is 0 Å². The summed E-state index contributed by atoms with van der Waals surface area (Å²) in [6, 6.07) is 12.6. The maximum Gasteiger partial charge on any atom is 0.247 e. The molecule has 1 unspecified atom stereocenters. The second-order valence-corrected chi connectivity index (χ2v) is 6.74. The van der Waals surface area contributed by atoms with E-state index in [0.717, 1.165) is 23.1 Å². The van der Waals surface area contributed by atoms with Crippen LogP contribution in [-0.4, -0.2) is 37.5 Å². The molecule has 1 N–H and O–H groups in total. The number of hydrogen-bond acceptors (Lipinski definition) is 4. The van der Waals surface area contributed by atoms with E-state index in [0.29, 0.717) is 24.5 Å². The van der Waals surface area contributed by atoms with E-state index in [9.17, 15) is 9.59 Å². The van der Waals surface area contributed by atoms with E-state index in [-0.39, 0.29) is 18.4 Å². The fourth-order valence-corrected chi connectivity index (χ4v) is 3.69. The number of carbonyl (C=O) groups is 2. The zero-order valence-corrected chi connectivity index (χ0v) is 16.5. The molecule has 2 aromatic rings. The Bertz CT molecular complexity index is 865. The molecule has 2 aromatic carbocycles. The molecule has 0 fully saturated rings. The third-order valence-corrected chi connectivity index (χ3v) is 4.97. The third kappa shape index (κ3) is 3.81. The first-order chi connectivity index (χ1) is 13.6. The van der Waals surface area contributed by atoms with E-state index in [1.165, 1.54) is 0 Å². The normalized spacial score (nSPS) is 15.8. The molecule has 0 aromatic heterocycles. The highest BCUT2D eigenvalue weighted by Crippen LogP contribution is 2.32. The molecule has 2 amide bonds. The van der Waals surface area contributed by atoms with Crippen molar-refractivity contribution in [3.05, 3.63) is 59.2 Å². The minimum Gasteiger partial charge on any atom is -0.493 e. The average Bonchev–Trinajstić information content (AvgIpc) is 2.72. The molecule has 6 nitrogen and oxygen atoms in total. The number of hydrogen-bond donors (Lipinski definition) is 1. The van der Waals surface area contributed by atoms with Gasteiger partial charge in [-0.2, -0.15) is 0 Å². The van der Waals surface area contributed by atoms with Crippen LogP contribution in [-0.2, 0) is 22.6 Å². The zero-order valence-electron chi connectivity index (χ0n) is 16.5. The lowest BCUT2D eigenvalue weighted by atomic mass is 9.91. The van der Waals surface area contributed by atoms with Crippen molar-refractivity contribution in [3.8, 4) is 11.5 Å². The SMILES string of the molecule is CCCN1C(=O)Cc2ccccc2C1C(=O)NCc1cccc(OC)c1OC. The van der Waals surface area contributed by atoms with Crippen LogP contribution in [0.5, 0.6) is 11.5 Å². The highest BCUT2D eigenvalue weighted by Gasteiger charge is 2.36. The summed E-state index contributed by atoms with van der Waals surface area (Å²) in [5, 5.41) is 2.98. The standard InChI is InChI=1S/C22H26N2O4/c1-4-12-24-19(25)13-15-8-5-6-10-17(15)20(24)22(26)23-14-16-9-7-11-18(27-2)21(16)28-3/h5-11,20H,4,12-14H2,1-3H3,(H,23,26). The quantitative estimate of drug-likeness (QED) is 0.800. The van der Waals surface area contributed by atoms with Crippen LogP contribution >= 0.6 is 0 Å². The molecule has 148 valence electrons. The van der Waals surface area contributed by atoms with Gasteiger partial charge in [0.05, 0.1) is 20.6 Å². The van der Waals surface area contributed by atoms with Gasteiger partial charge in [0.25, 0.3) is 0 Å². The molecule has 1 aliphatic heterocycles. The van der Waals surface area contributed by atoms with E-state index < -0.39 is 6.04 Å². The highest BCUT2D eigenvalue weighted by atomic mass is 16.5. The van der Waals surface area contributed by atoms with Crippen molar-refractivity contribution >= 4 is 11.8 Å². The van der Waals surface area contributed by atoms with Gasteiger partial charge in [0.1, 0.15) is 6.04 Å². The van der Waals surface area contributed by atoms with Crippen LogP contribution in [0.15, 0.2) is 42.5 Å². The van der Waals surface area contributed by atoms with Gasteiger partial charge in [0.2, 0.25) is 11.8 Å². The highest BCUT2D eigenvalue weighted by molar-refractivity contribution is 5.92. The van der Waals surface area contributed by atoms with Crippen LogP contribution in [0, 0.1) is 0 Å². The summed E-state index contributed by atoms with van der Waals surface area (Å²) in [7, 11) is 3.15. The second kappa shape index (κ2) is 8.78. The molecule has 0 aliphatic carbocycles. The summed E-state index contributed by atoms with van der Waals surface area (Å²) in [6.45, 7) is 2.84. The minimum absolute atomic E-state index is 0.0142. The van der Waals surface area contributed by atoms with Gasteiger partial charge in [0.15, 0.2) is 11.5 Å². The number of carbonyl (C=O) groups excluding carboxylic acids is 2. The van der Waals surface area contributed by atoms with Gasteiger partial charge in [-0.15, -0.1) is 0 Å². The average molecular weight is 382 g/mol. The number of ether oxygens (including phenoxy) is 2. The number of amides is 2. The number of rotatable bonds is 7. The van der Waals surface area contributed by atoms with Crippen LogP contribution in [0.25, 0.3) is 0 Å². The van der Waals surface area contributed by atoms with E-state index >= 15 is 0 Å². The van der Waals surface area contributed by atoms with E-state index in [1.807, 2.05) is 49.4 Å². The Hall–Kier alpha value is -3.02. The smallest absolute Gasteiger partial charge is 0.247 e. The Morgan fingerprint density at radius 2 is 1.93 bits per heavy atom. The van der Waals surface area contributed by atoms with Gasteiger partial charge in [0, 0.05) is 18.7 Å². The van der Waals surface area contributed by atoms with Gasteiger partial charge in [-0.25, -0.2) is 0 Å². The number of fused-ring (bicyclic) bond motifs is 1. The Labute approximate surface area is 165 Å². The Kier molecular flexibility index (Phi) is 6.19. The predicted molar refractivity (Wildman–Crippen MR) is 106 cm³/mol. The summed E-state index contributed by atoms with van der Waals surface area (Å²) in [6.07, 6.45) is 1.13. The van der Waals surface area contributed by atoms with Crippen LogP contribution < -0.4 is 14.8 Å². The molecular formula is C22H26N2O4. The van der Waals surface area contributed by atoms with Gasteiger partial charge >= 0.3 is 0 Å². The molecule has 6 heteroatoms. The zero-order chi connectivity index (χ0) is 20.1. The van der Waals surface area contributed by atoms with E-state index in [1.54, 1.807) is 19.1 Å². The Balaban J connectivity index is 1.85. The van der Waals surface area contributed by atoms with E-state index in [4.69, 9.17) is 9.47 Å². The number of para-hydroxylation sites is 1. The van der Waals surface area contributed by atoms with Crippen molar-refractivity contribution in [1.82, 2.24) is 10.2 Å². The number of nitrogens with zero attached hydrogens (tertiary/aromatic N) is 1. The Morgan fingerprint density at radius 3 is 2.64 bits per heavy atom. The minimum atomic E-state index is -0.617. The van der Waals surface area contributed by atoms with Gasteiger partial charge in [-0.1, -0.05) is 43.3 Å². The van der Waals surface area contributed by atoms with Crippen molar-refractivity contribution in [1.29, 1.82) is 0 Å². The maximum absolute atomic E-state index is 13.1. The monoisotopic (exact) mass is 382 g/mol. The largest absolute Gasteiger partial charge is 0.493 e. The number of benzene rings is 2. The molecule has 0 saturated heterocycles. The van der Waals surface area contributed by atoms with E-state index in [2.05, 4.69) is 5.32 Å². The Morgan fingerprint density at radius 1 is 1.14 bits per heavy atom. The summed E-state index contributed by atoms with van der Waals surface area (Å²) < 4.78 is 10.8. The fourth-order valence-electron chi connectivity index (χ4n) is 3.69. The predicted octanol–water partition coefficient (Wildman–Crippen LogP) is 2.86. The van der Waals surface area contributed by atoms with Crippen molar-refractivity contribution in [2.45, 2.75) is 32.4 Å². The number of nitrogens with one attached hydrogen (secondary N) is 1. The van der Waals surface area contributed by atoms with Crippen molar-refractivity contribution < 1.29 is 19.1 Å². The summed E-state index contributed by atoms with van der Waals surface area (Å²) in [5.74, 6) is 0.995. The lowest BCUT2D eigenvalue weighted by molar-refractivity contribution is -0.141. The van der Waals surface area contributed by atoms with Crippen molar-refractivity contribution in [3.63, 3.8) is 0 Å². The lowest BCUT2D eigenvalue weighted by Crippen LogP contribution is -2.47. The summed E-state index contributed by atoms with van der Waals surface area (Å²) in [5.41, 5.74) is 2.62. The summed E-state index contributed by atoms with van der Waals surface area (Å²) >= 11 is 0.